The topological polar surface area (TPSA) is 82.9 Å². The van der Waals surface area contributed by atoms with Crippen molar-refractivity contribution in [3.63, 3.8) is 0 Å². The molecule has 0 amide bonds. The number of carbonyl (C=O) groups excluding carboxylic acids is 2. The zero-order valence-corrected chi connectivity index (χ0v) is 10.9. The predicted molar refractivity (Wildman–Crippen MR) is 77.1 cm³/mol. The Morgan fingerprint density at radius 2 is 1.70 bits per heavy atom. The average Bonchev–Trinajstić information content (AvgIpc) is 2.50. The molecule has 5 heteroatoms. The minimum Gasteiger partial charge on any atom is -0.298 e. The summed E-state index contributed by atoms with van der Waals surface area (Å²) in [6.45, 7) is 1.56. The molecule has 0 fully saturated rings. The molecule has 0 bridgehead atoms. The molecule has 0 heterocycles. The lowest BCUT2D eigenvalue weighted by Crippen LogP contribution is -1.88. The Balaban J connectivity index is 0.000000204. The average molecular weight is 267 g/mol. The molecule has 2 rings (SSSR count). The Hall–Kier alpha value is -2.91. The van der Waals surface area contributed by atoms with Gasteiger partial charge in [0.2, 0.25) is 0 Å². The highest BCUT2D eigenvalue weighted by atomic mass is 16.1. The van der Waals surface area contributed by atoms with Crippen molar-refractivity contribution in [3.05, 3.63) is 76.2 Å². The minimum absolute atomic E-state index is 0.121. The van der Waals surface area contributed by atoms with Gasteiger partial charge in [-0.1, -0.05) is 59.7 Å². The van der Waals surface area contributed by atoms with Crippen LogP contribution in [0.4, 0.5) is 5.69 Å². The molecule has 100 valence electrons. The molecule has 0 N–H and O–H groups in total. The van der Waals surface area contributed by atoms with Gasteiger partial charge in [-0.25, -0.2) is 0 Å². The molecule has 20 heavy (non-hydrogen) atoms. The number of azide groups is 1. The van der Waals surface area contributed by atoms with Gasteiger partial charge >= 0.3 is 0 Å². The molecule has 0 aliphatic heterocycles. The standard InChI is InChI=1S/C8H8O.C7H5N3O/c1-7(9)8-5-3-2-4-6-8;8-10-9-7-3-1-6(5-11)2-4-7/h2-6H,1H3;1-5H. The molecular weight excluding hydrogens is 254 g/mol. The number of benzene rings is 2. The highest BCUT2D eigenvalue weighted by Gasteiger charge is 1.92. The smallest absolute Gasteiger partial charge is 0.159 e. The summed E-state index contributed by atoms with van der Waals surface area (Å²) in [5, 5.41) is 3.35. The first kappa shape index (κ1) is 15.1. The van der Waals surface area contributed by atoms with E-state index in [0.717, 1.165) is 11.8 Å². The maximum atomic E-state index is 10.6. The van der Waals surface area contributed by atoms with Crippen LogP contribution in [0.1, 0.15) is 27.6 Å². The van der Waals surface area contributed by atoms with Crippen molar-refractivity contribution in [2.75, 3.05) is 0 Å². The van der Waals surface area contributed by atoms with E-state index in [1.165, 1.54) is 0 Å². The number of aldehydes is 1. The van der Waals surface area contributed by atoms with Crippen molar-refractivity contribution >= 4 is 17.8 Å². The van der Waals surface area contributed by atoms with E-state index in [0.29, 0.717) is 11.3 Å². The molecule has 0 unspecified atom stereocenters. The molecule has 0 atom stereocenters. The van der Waals surface area contributed by atoms with E-state index in [-0.39, 0.29) is 5.78 Å². The van der Waals surface area contributed by atoms with Crippen LogP contribution in [0.2, 0.25) is 0 Å². The molecule has 0 saturated carbocycles. The molecular formula is C15H13N3O2. The number of Topliss-reactive ketones (excluding diaryl/α,β-unsaturated/α-hetero) is 1. The van der Waals surface area contributed by atoms with E-state index in [9.17, 15) is 9.59 Å². The van der Waals surface area contributed by atoms with Gasteiger partial charge in [-0.2, -0.15) is 0 Å². The second kappa shape index (κ2) is 8.24. The molecule has 0 aromatic heterocycles. The van der Waals surface area contributed by atoms with Gasteiger partial charge in [0, 0.05) is 21.7 Å². The monoisotopic (exact) mass is 267 g/mol. The summed E-state index contributed by atoms with van der Waals surface area (Å²) in [5.41, 5.74) is 9.89. The van der Waals surface area contributed by atoms with Crippen LogP contribution in [0, 0.1) is 0 Å². The maximum Gasteiger partial charge on any atom is 0.159 e. The van der Waals surface area contributed by atoms with Gasteiger partial charge < -0.3 is 0 Å². The summed E-state index contributed by atoms with van der Waals surface area (Å²) in [7, 11) is 0. The van der Waals surface area contributed by atoms with Gasteiger partial charge in [0.15, 0.2) is 5.78 Å². The van der Waals surface area contributed by atoms with Crippen LogP contribution in [0.15, 0.2) is 59.7 Å². The third-order valence-electron chi connectivity index (χ3n) is 2.37. The number of hydrogen-bond acceptors (Lipinski definition) is 3. The number of hydrogen-bond donors (Lipinski definition) is 0. The Labute approximate surface area is 116 Å². The van der Waals surface area contributed by atoms with E-state index in [1.807, 2.05) is 30.3 Å². The number of nitrogens with zero attached hydrogens (tertiary/aromatic N) is 3. The largest absolute Gasteiger partial charge is 0.298 e. The summed E-state index contributed by atoms with van der Waals surface area (Å²) >= 11 is 0. The second-order valence-corrected chi connectivity index (χ2v) is 3.82. The second-order valence-electron chi connectivity index (χ2n) is 3.82. The molecule has 5 nitrogen and oxygen atoms in total. The molecule has 2 aromatic rings. The van der Waals surface area contributed by atoms with Gasteiger partial charge in [0.1, 0.15) is 6.29 Å². The summed E-state index contributed by atoms with van der Waals surface area (Å²) in [6, 6.07) is 15.6. The van der Waals surface area contributed by atoms with Crippen LogP contribution < -0.4 is 0 Å². The van der Waals surface area contributed by atoms with E-state index >= 15 is 0 Å². The first-order valence-corrected chi connectivity index (χ1v) is 5.83. The van der Waals surface area contributed by atoms with Crippen molar-refractivity contribution in [3.8, 4) is 0 Å². The maximum absolute atomic E-state index is 10.6. The fourth-order valence-electron chi connectivity index (χ4n) is 1.34. The van der Waals surface area contributed by atoms with Crippen LogP contribution in [0.25, 0.3) is 10.4 Å². The summed E-state index contributed by atoms with van der Waals surface area (Å²) in [6.07, 6.45) is 0.736. The summed E-state index contributed by atoms with van der Waals surface area (Å²) in [4.78, 5) is 23.4. The number of ketones is 1. The third kappa shape index (κ3) is 5.16. The Morgan fingerprint density at radius 3 is 2.10 bits per heavy atom. The van der Waals surface area contributed by atoms with E-state index < -0.39 is 0 Å². The lowest BCUT2D eigenvalue weighted by molar-refractivity contribution is 0.101. The summed E-state index contributed by atoms with van der Waals surface area (Å²) in [5.74, 6) is 0.121. The Kier molecular flexibility index (Phi) is 6.24. The van der Waals surface area contributed by atoms with Crippen molar-refractivity contribution in [2.24, 2.45) is 5.11 Å². The van der Waals surface area contributed by atoms with Crippen molar-refractivity contribution in [1.29, 1.82) is 0 Å². The Morgan fingerprint density at radius 1 is 1.10 bits per heavy atom. The van der Waals surface area contributed by atoms with Gasteiger partial charge in [-0.05, 0) is 12.5 Å². The summed E-state index contributed by atoms with van der Waals surface area (Å²) < 4.78 is 0. The molecule has 2 aromatic carbocycles. The van der Waals surface area contributed by atoms with Crippen molar-refractivity contribution < 1.29 is 9.59 Å². The van der Waals surface area contributed by atoms with E-state index in [4.69, 9.17) is 5.53 Å². The number of carbonyl (C=O) groups is 2. The molecule has 0 aliphatic rings. The number of rotatable bonds is 3. The first-order chi connectivity index (χ1) is 9.67. The molecule has 0 spiro atoms. The SMILES string of the molecule is CC(=O)c1ccccc1.[N-]=[N+]=Nc1ccc(C=O)cc1. The first-order valence-electron chi connectivity index (χ1n) is 5.83. The van der Waals surface area contributed by atoms with Crippen LogP contribution in [-0.4, -0.2) is 12.1 Å². The predicted octanol–water partition coefficient (Wildman–Crippen LogP) is 4.33. The minimum atomic E-state index is 0.121. The zero-order valence-electron chi connectivity index (χ0n) is 10.9. The molecule has 0 aliphatic carbocycles. The lowest BCUT2D eigenvalue weighted by Gasteiger charge is -1.89. The van der Waals surface area contributed by atoms with Crippen molar-refractivity contribution in [2.45, 2.75) is 6.92 Å². The van der Waals surface area contributed by atoms with Crippen LogP contribution in [-0.2, 0) is 0 Å². The van der Waals surface area contributed by atoms with Gasteiger partial charge in [-0.3, -0.25) is 9.59 Å². The quantitative estimate of drug-likeness (QED) is 0.272. The van der Waals surface area contributed by atoms with Gasteiger partial charge in [0.25, 0.3) is 0 Å². The van der Waals surface area contributed by atoms with Gasteiger partial charge in [0.05, 0.1) is 0 Å². The van der Waals surface area contributed by atoms with Crippen LogP contribution in [0.5, 0.6) is 0 Å². The van der Waals surface area contributed by atoms with Gasteiger partial charge in [-0.15, -0.1) is 0 Å². The highest BCUT2D eigenvalue weighted by Crippen LogP contribution is 2.11. The zero-order chi connectivity index (χ0) is 14.8. The van der Waals surface area contributed by atoms with Crippen LogP contribution in [0.3, 0.4) is 0 Å². The molecule has 0 radical (unpaired) electrons. The fraction of sp³-hybridized carbons (Fsp3) is 0.0667. The van der Waals surface area contributed by atoms with E-state index in [1.54, 1.807) is 31.2 Å². The normalized spacial score (nSPS) is 8.65. The van der Waals surface area contributed by atoms with Crippen LogP contribution >= 0.6 is 0 Å². The Bertz CT molecular complexity index is 615. The third-order valence-corrected chi connectivity index (χ3v) is 2.37. The fourth-order valence-corrected chi connectivity index (χ4v) is 1.34. The lowest BCUT2D eigenvalue weighted by atomic mass is 10.2. The van der Waals surface area contributed by atoms with E-state index in [2.05, 4.69) is 10.0 Å². The molecule has 0 saturated heterocycles. The van der Waals surface area contributed by atoms with Crippen molar-refractivity contribution in [1.82, 2.24) is 0 Å². The highest BCUT2D eigenvalue weighted by molar-refractivity contribution is 5.93.